The van der Waals surface area contributed by atoms with Crippen LogP contribution in [0.4, 0.5) is 0 Å². The van der Waals surface area contributed by atoms with Gasteiger partial charge in [0.15, 0.2) is 16.4 Å². The van der Waals surface area contributed by atoms with E-state index in [0.717, 1.165) is 0 Å². The first kappa shape index (κ1) is 19.2. The lowest BCUT2D eigenvalue weighted by atomic mass is 10.1. The van der Waals surface area contributed by atoms with Crippen molar-refractivity contribution in [1.82, 2.24) is 10.1 Å². The molecule has 0 aliphatic carbocycles. The summed E-state index contributed by atoms with van der Waals surface area (Å²) in [5.74, 6) is 1.05. The zero-order chi connectivity index (χ0) is 19.4. The monoisotopic (exact) mass is 396 g/mol. The number of hydrogen-bond acceptors (Lipinski definition) is 9. The van der Waals surface area contributed by atoms with Crippen molar-refractivity contribution in [2.45, 2.75) is 19.4 Å². The maximum absolute atomic E-state index is 11.9. The third kappa shape index (κ3) is 4.76. The molecule has 0 amide bonds. The molecule has 1 aliphatic rings. The maximum Gasteiger partial charge on any atom is 0.306 e. The fraction of sp³-hybridized carbons (Fsp3) is 0.471. The number of sulfone groups is 1. The van der Waals surface area contributed by atoms with Crippen LogP contribution < -0.4 is 9.47 Å². The van der Waals surface area contributed by atoms with Crippen molar-refractivity contribution >= 4 is 15.8 Å². The lowest BCUT2D eigenvalue weighted by Gasteiger charge is -2.07. The zero-order valence-electron chi connectivity index (χ0n) is 15.0. The number of hydrogen-bond donors (Lipinski definition) is 0. The first-order valence-corrected chi connectivity index (χ1v) is 10.1. The number of methoxy groups -OCH3 is 2. The number of aromatic nitrogens is 2. The molecule has 0 unspecified atom stereocenters. The van der Waals surface area contributed by atoms with Gasteiger partial charge in [-0.05, 0) is 24.5 Å². The minimum atomic E-state index is -3.02. The van der Waals surface area contributed by atoms with Gasteiger partial charge in [-0.3, -0.25) is 4.79 Å². The van der Waals surface area contributed by atoms with Gasteiger partial charge in [0.05, 0.1) is 31.3 Å². The molecule has 1 atom stereocenters. The molecule has 27 heavy (non-hydrogen) atoms. The molecule has 2 heterocycles. The van der Waals surface area contributed by atoms with Crippen molar-refractivity contribution in [3.05, 3.63) is 24.1 Å². The molecule has 1 fully saturated rings. The van der Waals surface area contributed by atoms with E-state index in [1.54, 1.807) is 25.3 Å². The van der Waals surface area contributed by atoms with E-state index in [-0.39, 0.29) is 36.3 Å². The third-order valence-corrected chi connectivity index (χ3v) is 6.09. The van der Waals surface area contributed by atoms with Crippen LogP contribution in [0.25, 0.3) is 11.4 Å². The minimum Gasteiger partial charge on any atom is -0.497 e. The number of benzene rings is 1. The minimum absolute atomic E-state index is 0.0318. The fourth-order valence-electron chi connectivity index (χ4n) is 2.88. The predicted molar refractivity (Wildman–Crippen MR) is 94.0 cm³/mol. The van der Waals surface area contributed by atoms with E-state index < -0.39 is 15.8 Å². The summed E-state index contributed by atoms with van der Waals surface area (Å²) in [5.41, 5.74) is 0.607. The van der Waals surface area contributed by atoms with Gasteiger partial charge in [0.1, 0.15) is 11.5 Å². The summed E-state index contributed by atoms with van der Waals surface area (Å²) in [6, 6.07) is 5.17. The summed E-state index contributed by atoms with van der Waals surface area (Å²) in [5, 5.41) is 3.87. The molecule has 0 N–H and O–H groups in total. The third-order valence-electron chi connectivity index (χ3n) is 4.26. The molecule has 0 bridgehead atoms. The average molecular weight is 396 g/mol. The molecule has 1 aliphatic heterocycles. The molecule has 146 valence electrons. The summed E-state index contributed by atoms with van der Waals surface area (Å²) in [6.45, 7) is -0.177. The molecule has 3 rings (SSSR count). The van der Waals surface area contributed by atoms with E-state index >= 15 is 0 Å². The van der Waals surface area contributed by atoms with Gasteiger partial charge in [-0.25, -0.2) is 8.42 Å². The van der Waals surface area contributed by atoms with Gasteiger partial charge in [0.2, 0.25) is 5.82 Å². The van der Waals surface area contributed by atoms with Crippen molar-refractivity contribution in [3.8, 4) is 22.9 Å². The van der Waals surface area contributed by atoms with Crippen LogP contribution in [0.15, 0.2) is 22.7 Å². The van der Waals surface area contributed by atoms with Gasteiger partial charge < -0.3 is 18.7 Å². The van der Waals surface area contributed by atoms with Crippen LogP contribution in [0, 0.1) is 5.92 Å². The zero-order valence-corrected chi connectivity index (χ0v) is 15.8. The smallest absolute Gasteiger partial charge is 0.306 e. The van der Waals surface area contributed by atoms with E-state index in [9.17, 15) is 13.2 Å². The summed E-state index contributed by atoms with van der Waals surface area (Å²) in [4.78, 5) is 16.1. The highest BCUT2D eigenvalue weighted by molar-refractivity contribution is 7.91. The number of ether oxygens (including phenoxy) is 3. The van der Waals surface area contributed by atoms with Gasteiger partial charge in [-0.2, -0.15) is 4.98 Å². The van der Waals surface area contributed by atoms with Gasteiger partial charge in [0.25, 0.3) is 5.89 Å². The molecular formula is C17H20N2O7S. The van der Waals surface area contributed by atoms with Crippen molar-refractivity contribution in [2.75, 3.05) is 25.7 Å². The van der Waals surface area contributed by atoms with E-state index in [1.807, 2.05) is 0 Å². The quantitative estimate of drug-likeness (QED) is 0.643. The number of carbonyl (C=O) groups is 1. The molecule has 0 spiro atoms. The van der Waals surface area contributed by atoms with Crippen LogP contribution in [0.1, 0.15) is 18.7 Å². The highest BCUT2D eigenvalue weighted by atomic mass is 32.2. The van der Waals surface area contributed by atoms with E-state index in [1.165, 1.54) is 7.11 Å². The Kier molecular flexibility index (Phi) is 5.64. The number of nitrogens with zero attached hydrogens (tertiary/aromatic N) is 2. The summed E-state index contributed by atoms with van der Waals surface area (Å²) in [6.07, 6.45) is 0.548. The largest absolute Gasteiger partial charge is 0.497 e. The van der Waals surface area contributed by atoms with Crippen LogP contribution in [0.2, 0.25) is 0 Å². The standard InChI is InChI=1S/C17H20N2O7S/c1-23-12-3-4-13(14(8-12)24-2)17-18-15(26-19-17)9-25-16(20)7-11-5-6-27(21,22)10-11/h3-4,8,11H,5-7,9-10H2,1-2H3/t11-/m1/s1. The van der Waals surface area contributed by atoms with Crippen LogP contribution in [-0.2, 0) is 26.0 Å². The predicted octanol–water partition coefficient (Wildman–Crippen LogP) is 1.62. The second-order valence-corrected chi connectivity index (χ2v) is 8.44. The number of esters is 1. The Bertz CT molecular complexity index is 923. The summed E-state index contributed by atoms with van der Waals surface area (Å²) < 4.78 is 43.5. The molecule has 9 nitrogen and oxygen atoms in total. The number of rotatable bonds is 7. The van der Waals surface area contributed by atoms with Crippen molar-refractivity contribution in [2.24, 2.45) is 5.92 Å². The molecule has 1 aromatic heterocycles. The van der Waals surface area contributed by atoms with Crippen LogP contribution in [0.5, 0.6) is 11.5 Å². The Morgan fingerprint density at radius 3 is 2.78 bits per heavy atom. The molecule has 0 saturated carbocycles. The first-order valence-electron chi connectivity index (χ1n) is 8.31. The molecule has 1 aromatic carbocycles. The van der Waals surface area contributed by atoms with Gasteiger partial charge in [-0.15, -0.1) is 0 Å². The molecule has 0 radical (unpaired) electrons. The second kappa shape index (κ2) is 7.95. The number of carbonyl (C=O) groups excluding carboxylic acids is 1. The topological polar surface area (TPSA) is 118 Å². The second-order valence-electron chi connectivity index (χ2n) is 6.21. The van der Waals surface area contributed by atoms with Crippen molar-refractivity contribution < 1.29 is 31.9 Å². The fourth-order valence-corrected chi connectivity index (χ4v) is 4.74. The van der Waals surface area contributed by atoms with E-state index in [0.29, 0.717) is 29.3 Å². The van der Waals surface area contributed by atoms with Crippen LogP contribution in [0.3, 0.4) is 0 Å². The molecule has 1 saturated heterocycles. The Hall–Kier alpha value is -2.62. The van der Waals surface area contributed by atoms with Gasteiger partial charge in [0, 0.05) is 12.5 Å². The van der Waals surface area contributed by atoms with Crippen LogP contribution >= 0.6 is 0 Å². The summed E-state index contributed by atoms with van der Waals surface area (Å²) >= 11 is 0. The average Bonchev–Trinajstić information content (AvgIpc) is 3.25. The highest BCUT2D eigenvalue weighted by Gasteiger charge is 2.30. The Morgan fingerprint density at radius 2 is 2.11 bits per heavy atom. The molecule has 10 heteroatoms. The van der Waals surface area contributed by atoms with E-state index in [4.69, 9.17) is 18.7 Å². The Balaban J connectivity index is 1.59. The molecular weight excluding hydrogens is 376 g/mol. The van der Waals surface area contributed by atoms with Crippen molar-refractivity contribution in [1.29, 1.82) is 0 Å². The Morgan fingerprint density at radius 1 is 1.30 bits per heavy atom. The van der Waals surface area contributed by atoms with Gasteiger partial charge in [-0.1, -0.05) is 5.16 Å². The SMILES string of the molecule is COc1ccc(-c2noc(COC(=O)C[C@H]3CCS(=O)(=O)C3)n2)c(OC)c1. The Labute approximate surface area is 156 Å². The lowest BCUT2D eigenvalue weighted by molar-refractivity contribution is -0.146. The summed E-state index contributed by atoms with van der Waals surface area (Å²) in [7, 11) is 0.0533. The normalized spacial score (nSPS) is 18.2. The maximum atomic E-state index is 11.9. The molecule has 2 aromatic rings. The lowest BCUT2D eigenvalue weighted by Crippen LogP contribution is -2.13. The van der Waals surface area contributed by atoms with E-state index in [2.05, 4.69) is 10.1 Å². The van der Waals surface area contributed by atoms with Gasteiger partial charge >= 0.3 is 5.97 Å². The first-order chi connectivity index (χ1) is 12.9. The van der Waals surface area contributed by atoms with Crippen LogP contribution in [-0.4, -0.2) is 50.3 Å². The highest BCUT2D eigenvalue weighted by Crippen LogP contribution is 2.31. The van der Waals surface area contributed by atoms with Crippen molar-refractivity contribution in [3.63, 3.8) is 0 Å².